The van der Waals surface area contributed by atoms with Crippen molar-refractivity contribution in [3.63, 3.8) is 0 Å². The van der Waals surface area contributed by atoms with E-state index < -0.39 is 17.3 Å². The van der Waals surface area contributed by atoms with Crippen LogP contribution >= 0.6 is 28.3 Å². The molecule has 0 saturated carbocycles. The Morgan fingerprint density at radius 2 is 1.29 bits per heavy atom. The van der Waals surface area contributed by atoms with Gasteiger partial charge in [0.15, 0.2) is 0 Å². The Morgan fingerprint density at radius 3 is 1.73 bits per heavy atom. The number of ether oxygens (including phenoxy) is 2. The lowest BCUT2D eigenvalue weighted by Crippen LogP contribution is -2.43. The summed E-state index contributed by atoms with van der Waals surface area (Å²) in [4.78, 5) is 2.18. The Labute approximate surface area is 257 Å². The van der Waals surface area contributed by atoms with E-state index in [1.165, 1.54) is 17.7 Å². The van der Waals surface area contributed by atoms with Gasteiger partial charge in [0.2, 0.25) is 0 Å². The van der Waals surface area contributed by atoms with Crippen molar-refractivity contribution in [1.82, 2.24) is 10.2 Å². The average Bonchev–Trinajstić information content (AvgIpc) is 2.90. The first-order valence-electron chi connectivity index (χ1n) is 13.7. The first-order chi connectivity index (χ1) is 18.8. The maximum Gasteiger partial charge on any atom is 0.416 e. The maximum atomic E-state index is 12.4. The molecular formula is C30H45BrClF3N2O4. The molecule has 2 fully saturated rings. The van der Waals surface area contributed by atoms with E-state index in [1.54, 1.807) is 0 Å². The summed E-state index contributed by atoms with van der Waals surface area (Å²) < 4.78 is 48.0. The second-order valence-electron chi connectivity index (χ2n) is 10.8. The molecule has 0 unspecified atom stereocenters. The molecule has 0 atom stereocenters. The maximum absolute atomic E-state index is 12.4. The van der Waals surface area contributed by atoms with Crippen LogP contribution in [0.15, 0.2) is 48.5 Å². The van der Waals surface area contributed by atoms with Crippen molar-refractivity contribution in [2.45, 2.75) is 63.8 Å². The van der Waals surface area contributed by atoms with Crippen molar-refractivity contribution in [2.75, 3.05) is 51.3 Å². The van der Waals surface area contributed by atoms with Gasteiger partial charge in [0, 0.05) is 25.0 Å². The van der Waals surface area contributed by atoms with Crippen LogP contribution in [0.3, 0.4) is 0 Å². The summed E-state index contributed by atoms with van der Waals surface area (Å²) in [6.07, 6.45) is -1.07. The zero-order valence-corrected chi connectivity index (χ0v) is 26.6. The van der Waals surface area contributed by atoms with Gasteiger partial charge in [0.05, 0.1) is 23.4 Å². The van der Waals surface area contributed by atoms with Crippen LogP contribution in [0, 0.1) is 6.92 Å². The van der Waals surface area contributed by atoms with Crippen LogP contribution in [0.2, 0.25) is 0 Å². The van der Waals surface area contributed by atoms with Crippen LogP contribution in [0.4, 0.5) is 13.2 Å². The highest BCUT2D eigenvalue weighted by atomic mass is 79.9. The van der Waals surface area contributed by atoms with E-state index in [9.17, 15) is 23.4 Å². The van der Waals surface area contributed by atoms with Gasteiger partial charge >= 0.3 is 6.18 Å². The van der Waals surface area contributed by atoms with Gasteiger partial charge in [-0.25, -0.2) is 0 Å². The van der Waals surface area contributed by atoms with E-state index in [0.717, 1.165) is 81.7 Å². The zero-order chi connectivity index (χ0) is 29.7. The van der Waals surface area contributed by atoms with Gasteiger partial charge < -0.3 is 25.0 Å². The number of benzene rings is 2. The molecule has 0 radical (unpaired) electrons. The summed E-state index contributed by atoms with van der Waals surface area (Å²) in [5.74, 6) is 1.38. The molecule has 2 aromatic rings. The molecule has 0 spiro atoms. The number of halogens is 5. The Kier molecular flexibility index (Phi) is 16.6. The van der Waals surface area contributed by atoms with Gasteiger partial charge in [-0.3, -0.25) is 4.90 Å². The van der Waals surface area contributed by atoms with Crippen molar-refractivity contribution in [3.05, 3.63) is 59.7 Å². The molecule has 2 saturated heterocycles. The molecule has 3 N–H and O–H groups in total. The van der Waals surface area contributed by atoms with Crippen molar-refractivity contribution in [1.29, 1.82) is 0 Å². The smallest absolute Gasteiger partial charge is 0.416 e. The molecule has 2 aliphatic heterocycles. The number of piperidine rings is 2. The fourth-order valence-electron chi connectivity index (χ4n) is 4.05. The lowest BCUT2D eigenvalue weighted by molar-refractivity contribution is -0.137. The molecule has 234 valence electrons. The van der Waals surface area contributed by atoms with Crippen LogP contribution in [-0.4, -0.2) is 77.6 Å². The van der Waals surface area contributed by atoms with Crippen LogP contribution in [0.25, 0.3) is 0 Å². The van der Waals surface area contributed by atoms with Gasteiger partial charge in [-0.15, -0.1) is 12.4 Å². The Morgan fingerprint density at radius 1 is 0.829 bits per heavy atom. The number of rotatable bonds is 7. The van der Waals surface area contributed by atoms with E-state index in [4.69, 9.17) is 9.47 Å². The molecule has 0 aromatic heterocycles. The van der Waals surface area contributed by atoms with Crippen molar-refractivity contribution in [3.8, 4) is 11.5 Å². The number of likely N-dealkylation sites (tertiary alicyclic amines) is 1. The minimum Gasteiger partial charge on any atom is -0.493 e. The Bertz CT molecular complexity index is 959. The minimum absolute atomic E-state index is 0. The van der Waals surface area contributed by atoms with E-state index in [1.807, 2.05) is 38.1 Å². The van der Waals surface area contributed by atoms with Gasteiger partial charge in [-0.05, 0) is 95.9 Å². The fourth-order valence-corrected chi connectivity index (χ4v) is 4.21. The number of aliphatic hydroxyl groups is 2. The highest BCUT2D eigenvalue weighted by Gasteiger charge is 2.30. The third-order valence-corrected chi connectivity index (χ3v) is 7.16. The lowest BCUT2D eigenvalue weighted by atomic mass is 9.94. The molecule has 6 nitrogen and oxygen atoms in total. The van der Waals surface area contributed by atoms with E-state index in [-0.39, 0.29) is 18.0 Å². The third kappa shape index (κ3) is 16.0. The van der Waals surface area contributed by atoms with Gasteiger partial charge in [0.25, 0.3) is 0 Å². The molecular weight excluding hydrogens is 625 g/mol. The molecule has 2 aliphatic rings. The SMILES string of the molecule is CC1(O)CCN(CCOc2ccc(C(F)(F)F)cc2)CC1.CC1(O)CCNCC1.Cc1ccc(OCCBr)cc1.Cl. The quantitative estimate of drug-likeness (QED) is 0.303. The molecule has 0 amide bonds. The predicted molar refractivity (Wildman–Crippen MR) is 164 cm³/mol. The first-order valence-corrected chi connectivity index (χ1v) is 14.9. The van der Waals surface area contributed by atoms with E-state index in [2.05, 4.69) is 33.1 Å². The molecule has 2 heterocycles. The second kappa shape index (κ2) is 18.2. The monoisotopic (exact) mass is 668 g/mol. The van der Waals surface area contributed by atoms with Crippen LogP contribution in [0.5, 0.6) is 11.5 Å². The third-order valence-electron chi connectivity index (χ3n) is 6.84. The Balaban J connectivity index is 0.000000350. The van der Waals surface area contributed by atoms with Crippen LogP contribution in [-0.2, 0) is 6.18 Å². The number of nitrogens with zero attached hydrogens (tertiary/aromatic N) is 1. The molecule has 41 heavy (non-hydrogen) atoms. The minimum atomic E-state index is -4.32. The van der Waals surface area contributed by atoms with Gasteiger partial charge in [-0.1, -0.05) is 33.6 Å². The zero-order valence-electron chi connectivity index (χ0n) is 24.2. The molecule has 0 aliphatic carbocycles. The molecule has 0 bridgehead atoms. The fraction of sp³-hybridized carbons (Fsp3) is 0.600. The van der Waals surface area contributed by atoms with Crippen molar-refractivity contribution >= 4 is 28.3 Å². The Hall–Kier alpha value is -1.56. The van der Waals surface area contributed by atoms with Crippen LogP contribution in [0.1, 0.15) is 50.7 Å². The van der Waals surface area contributed by atoms with Crippen molar-refractivity contribution < 1.29 is 32.9 Å². The normalized spacial score (nSPS) is 18.0. The number of hydrogen-bond donors (Lipinski definition) is 3. The topological polar surface area (TPSA) is 74.2 Å². The molecule has 11 heteroatoms. The number of alkyl halides is 4. The summed E-state index contributed by atoms with van der Waals surface area (Å²) in [5, 5.41) is 23.2. The van der Waals surface area contributed by atoms with E-state index >= 15 is 0 Å². The standard InChI is InChI=1S/C15H20F3NO2.C9H11BrO.C6H13NO.ClH/c1-14(20)6-8-19(9-7-14)10-11-21-13-4-2-12(3-5-13)15(16,17)18;1-8-2-4-9(5-3-8)11-7-6-10;1-6(8)2-4-7-5-3-6;/h2-5,20H,6-11H2,1H3;2-5H,6-7H2,1H3;7-8H,2-5H2,1H3;1H. The van der Waals surface area contributed by atoms with E-state index in [0.29, 0.717) is 18.9 Å². The van der Waals surface area contributed by atoms with Crippen molar-refractivity contribution in [2.24, 2.45) is 0 Å². The molecule has 4 rings (SSSR count). The first kappa shape index (κ1) is 37.5. The second-order valence-corrected chi connectivity index (χ2v) is 11.6. The van der Waals surface area contributed by atoms with Gasteiger partial charge in [0.1, 0.15) is 18.1 Å². The van der Waals surface area contributed by atoms with Crippen LogP contribution < -0.4 is 14.8 Å². The summed E-state index contributed by atoms with van der Waals surface area (Å²) in [6, 6.07) is 12.8. The lowest BCUT2D eigenvalue weighted by Gasteiger charge is -2.35. The molecule has 2 aromatic carbocycles. The summed E-state index contributed by atoms with van der Waals surface area (Å²) >= 11 is 3.30. The summed E-state index contributed by atoms with van der Waals surface area (Å²) in [5.41, 5.74) is -0.375. The summed E-state index contributed by atoms with van der Waals surface area (Å²) in [7, 11) is 0. The largest absolute Gasteiger partial charge is 0.493 e. The number of aryl methyl sites for hydroxylation is 1. The number of hydrogen-bond acceptors (Lipinski definition) is 6. The number of nitrogens with one attached hydrogen (secondary N) is 1. The van der Waals surface area contributed by atoms with Gasteiger partial charge in [-0.2, -0.15) is 13.2 Å². The highest BCUT2D eigenvalue weighted by Crippen LogP contribution is 2.30. The summed E-state index contributed by atoms with van der Waals surface area (Å²) in [6.45, 7) is 11.2. The predicted octanol–water partition coefficient (Wildman–Crippen LogP) is 6.24. The average molecular weight is 670 g/mol. The highest BCUT2D eigenvalue weighted by molar-refractivity contribution is 9.09.